The average Bonchev–Trinajstić information content (AvgIpc) is 2.94. The number of thiazole rings is 1. The number of carbonyl (C=O) groups is 1. The Balaban J connectivity index is 0.00000200. The number of rotatable bonds is 6. The van der Waals surface area contributed by atoms with Crippen molar-refractivity contribution in [3.05, 3.63) is 29.7 Å². The van der Waals surface area contributed by atoms with E-state index in [0.717, 1.165) is 13.1 Å². The summed E-state index contributed by atoms with van der Waals surface area (Å²) in [5, 5.41) is 8.37. The number of nitrogens with zero attached hydrogens (tertiary/aromatic N) is 3. The van der Waals surface area contributed by atoms with Crippen LogP contribution in [0.15, 0.2) is 24.0 Å². The lowest BCUT2D eigenvalue weighted by atomic mass is 10.4. The Morgan fingerprint density at radius 2 is 2.10 bits per heavy atom. The summed E-state index contributed by atoms with van der Waals surface area (Å²) >= 11 is 1.38. The minimum Gasteiger partial charge on any atom is -0.349 e. The highest BCUT2D eigenvalue weighted by atomic mass is 35.5. The number of aromatic nitrogens is 3. The Kier molecular flexibility index (Phi) is 9.81. The van der Waals surface area contributed by atoms with Crippen molar-refractivity contribution in [3.63, 3.8) is 0 Å². The van der Waals surface area contributed by atoms with Gasteiger partial charge in [0.1, 0.15) is 16.4 Å². The molecule has 21 heavy (non-hydrogen) atoms. The first kappa shape index (κ1) is 19.7. The van der Waals surface area contributed by atoms with E-state index in [-0.39, 0.29) is 30.7 Å². The largest absolute Gasteiger partial charge is 0.349 e. The van der Waals surface area contributed by atoms with Gasteiger partial charge in [0, 0.05) is 30.9 Å². The van der Waals surface area contributed by atoms with E-state index in [9.17, 15) is 4.79 Å². The van der Waals surface area contributed by atoms with Crippen LogP contribution in [0.5, 0.6) is 0 Å². The van der Waals surface area contributed by atoms with E-state index in [1.165, 1.54) is 11.3 Å². The molecule has 0 radical (unpaired) electrons. The molecule has 9 heteroatoms. The second-order valence-corrected chi connectivity index (χ2v) is 4.60. The number of halogens is 2. The maximum absolute atomic E-state index is 11.8. The van der Waals surface area contributed by atoms with E-state index in [1.54, 1.807) is 24.0 Å². The van der Waals surface area contributed by atoms with Gasteiger partial charge < -0.3 is 10.6 Å². The van der Waals surface area contributed by atoms with Gasteiger partial charge in [-0.1, -0.05) is 6.92 Å². The van der Waals surface area contributed by atoms with Crippen LogP contribution in [-0.4, -0.2) is 40.5 Å². The minimum absolute atomic E-state index is 0. The van der Waals surface area contributed by atoms with Crippen molar-refractivity contribution in [1.82, 2.24) is 25.6 Å². The number of hydrogen-bond acceptors (Lipinski definition) is 6. The summed E-state index contributed by atoms with van der Waals surface area (Å²) in [6.45, 7) is 4.26. The van der Waals surface area contributed by atoms with Gasteiger partial charge in [-0.25, -0.2) is 4.98 Å². The molecule has 2 heterocycles. The zero-order valence-corrected chi connectivity index (χ0v) is 13.9. The molecule has 0 saturated carbocycles. The van der Waals surface area contributed by atoms with E-state index in [0.29, 0.717) is 22.9 Å². The van der Waals surface area contributed by atoms with Crippen LogP contribution in [0, 0.1) is 0 Å². The molecule has 2 aromatic heterocycles. The predicted molar refractivity (Wildman–Crippen MR) is 88.5 cm³/mol. The molecule has 1 amide bonds. The molecule has 0 atom stereocenters. The third kappa shape index (κ3) is 5.92. The molecule has 0 unspecified atom stereocenters. The molecule has 116 valence electrons. The summed E-state index contributed by atoms with van der Waals surface area (Å²) in [5.41, 5.74) is 1.10. The zero-order chi connectivity index (χ0) is 13.5. The second-order valence-electron chi connectivity index (χ2n) is 3.74. The summed E-state index contributed by atoms with van der Waals surface area (Å²) in [6, 6.07) is 0. The van der Waals surface area contributed by atoms with Crippen LogP contribution < -0.4 is 10.6 Å². The van der Waals surface area contributed by atoms with E-state index in [4.69, 9.17) is 0 Å². The van der Waals surface area contributed by atoms with Gasteiger partial charge in [-0.2, -0.15) is 0 Å². The molecule has 0 saturated heterocycles. The van der Waals surface area contributed by atoms with Crippen LogP contribution in [0.25, 0.3) is 10.7 Å². The van der Waals surface area contributed by atoms with E-state index in [2.05, 4.69) is 25.6 Å². The van der Waals surface area contributed by atoms with Gasteiger partial charge in [-0.05, 0) is 6.54 Å². The van der Waals surface area contributed by atoms with Crippen LogP contribution in [0.1, 0.15) is 17.4 Å². The SMILES string of the molecule is CCNCCNC(=O)c1csc(-c2cnccn2)n1.Cl.Cl. The molecule has 2 N–H and O–H groups in total. The molecule has 0 spiro atoms. The Bertz CT molecular complexity index is 537. The van der Waals surface area contributed by atoms with Crippen LogP contribution in [0.3, 0.4) is 0 Å². The lowest BCUT2D eigenvalue weighted by Gasteiger charge is -2.02. The molecule has 0 aliphatic heterocycles. The van der Waals surface area contributed by atoms with Crippen LogP contribution in [-0.2, 0) is 0 Å². The van der Waals surface area contributed by atoms with E-state index < -0.39 is 0 Å². The Morgan fingerprint density at radius 3 is 2.76 bits per heavy atom. The third-order valence-corrected chi connectivity index (χ3v) is 3.22. The normalized spacial score (nSPS) is 9.38. The molecule has 0 fully saturated rings. The first-order valence-electron chi connectivity index (χ1n) is 6.02. The van der Waals surface area contributed by atoms with Gasteiger partial charge >= 0.3 is 0 Å². The van der Waals surface area contributed by atoms with E-state index in [1.807, 2.05) is 6.92 Å². The minimum atomic E-state index is -0.163. The number of amides is 1. The molecule has 2 aromatic rings. The summed E-state index contributed by atoms with van der Waals surface area (Å²) < 4.78 is 0. The first-order valence-corrected chi connectivity index (χ1v) is 6.90. The number of likely N-dealkylation sites (N-methyl/N-ethyl adjacent to an activating group) is 1. The molecular formula is C12H17Cl2N5OS. The monoisotopic (exact) mass is 349 g/mol. The van der Waals surface area contributed by atoms with E-state index >= 15 is 0 Å². The van der Waals surface area contributed by atoms with Gasteiger partial charge in [0.05, 0.1) is 6.20 Å². The Labute approximate surface area is 139 Å². The molecule has 6 nitrogen and oxygen atoms in total. The number of hydrogen-bond donors (Lipinski definition) is 2. The van der Waals surface area contributed by atoms with Gasteiger partial charge in [0.2, 0.25) is 0 Å². The van der Waals surface area contributed by atoms with Crippen LogP contribution in [0.2, 0.25) is 0 Å². The first-order chi connectivity index (χ1) is 9.31. The maximum Gasteiger partial charge on any atom is 0.270 e. The summed E-state index contributed by atoms with van der Waals surface area (Å²) in [7, 11) is 0. The zero-order valence-electron chi connectivity index (χ0n) is 11.4. The standard InChI is InChI=1S/C12H15N5OS.2ClH/c1-2-13-3-6-16-11(18)10-8-19-12(17-10)9-7-14-4-5-15-9;;/h4-5,7-8,13H,2-3,6H2,1H3,(H,16,18);2*1H. The van der Waals surface area contributed by atoms with Gasteiger partial charge in [-0.15, -0.1) is 36.2 Å². The number of carbonyl (C=O) groups excluding carboxylic acids is 1. The molecule has 2 rings (SSSR count). The predicted octanol–water partition coefficient (Wildman–Crippen LogP) is 1.78. The molecule has 0 aromatic carbocycles. The maximum atomic E-state index is 11.8. The Morgan fingerprint density at radius 1 is 1.29 bits per heavy atom. The highest BCUT2D eigenvalue weighted by molar-refractivity contribution is 7.13. The summed E-state index contributed by atoms with van der Waals surface area (Å²) in [6.07, 6.45) is 4.84. The van der Waals surface area contributed by atoms with Crippen molar-refractivity contribution in [3.8, 4) is 10.7 Å². The highest BCUT2D eigenvalue weighted by Crippen LogP contribution is 2.20. The smallest absolute Gasteiger partial charge is 0.270 e. The molecular weight excluding hydrogens is 333 g/mol. The summed E-state index contributed by atoms with van der Waals surface area (Å²) in [5.74, 6) is -0.163. The third-order valence-electron chi connectivity index (χ3n) is 2.36. The lowest BCUT2D eigenvalue weighted by molar-refractivity contribution is 0.0950. The molecule has 0 aliphatic carbocycles. The van der Waals surface area contributed by atoms with Crippen molar-refractivity contribution in [1.29, 1.82) is 0 Å². The molecule has 0 aliphatic rings. The fourth-order valence-electron chi connectivity index (χ4n) is 1.44. The van der Waals surface area contributed by atoms with Crippen molar-refractivity contribution >= 4 is 42.1 Å². The van der Waals surface area contributed by atoms with Crippen LogP contribution >= 0.6 is 36.2 Å². The highest BCUT2D eigenvalue weighted by Gasteiger charge is 2.11. The lowest BCUT2D eigenvalue weighted by Crippen LogP contribution is -2.31. The van der Waals surface area contributed by atoms with Crippen molar-refractivity contribution in [2.24, 2.45) is 0 Å². The van der Waals surface area contributed by atoms with Crippen molar-refractivity contribution < 1.29 is 4.79 Å². The van der Waals surface area contributed by atoms with Crippen molar-refractivity contribution in [2.75, 3.05) is 19.6 Å². The fourth-order valence-corrected chi connectivity index (χ4v) is 2.20. The van der Waals surface area contributed by atoms with Gasteiger partial charge in [0.15, 0.2) is 0 Å². The second kappa shape index (κ2) is 10.4. The average molecular weight is 350 g/mol. The quantitative estimate of drug-likeness (QED) is 0.777. The van der Waals surface area contributed by atoms with Crippen LogP contribution in [0.4, 0.5) is 0 Å². The van der Waals surface area contributed by atoms with Crippen molar-refractivity contribution in [2.45, 2.75) is 6.92 Å². The Hall–Kier alpha value is -1.28. The molecule has 0 bridgehead atoms. The fraction of sp³-hybridized carbons (Fsp3) is 0.333. The topological polar surface area (TPSA) is 79.8 Å². The van der Waals surface area contributed by atoms with Gasteiger partial charge in [-0.3, -0.25) is 14.8 Å². The van der Waals surface area contributed by atoms with Gasteiger partial charge in [0.25, 0.3) is 5.91 Å². The number of nitrogens with one attached hydrogen (secondary N) is 2. The summed E-state index contributed by atoms with van der Waals surface area (Å²) in [4.78, 5) is 24.2.